The SMILES string of the molecule is COc1cccc(Oc2nnc(CNC3CC3)s2)c1. The van der Waals surface area contributed by atoms with E-state index in [9.17, 15) is 0 Å². The Kier molecular flexibility index (Phi) is 3.61. The van der Waals surface area contributed by atoms with E-state index in [1.54, 1.807) is 7.11 Å². The molecular weight excluding hydrogens is 262 g/mol. The fourth-order valence-corrected chi connectivity index (χ4v) is 2.29. The largest absolute Gasteiger partial charge is 0.497 e. The molecule has 1 aromatic heterocycles. The van der Waals surface area contributed by atoms with E-state index in [2.05, 4.69) is 15.5 Å². The van der Waals surface area contributed by atoms with Gasteiger partial charge in [0, 0.05) is 12.1 Å². The Morgan fingerprint density at radius 1 is 1.32 bits per heavy atom. The maximum Gasteiger partial charge on any atom is 0.299 e. The number of methoxy groups -OCH3 is 1. The number of hydrogen-bond acceptors (Lipinski definition) is 6. The highest BCUT2D eigenvalue weighted by molar-refractivity contribution is 7.13. The molecule has 1 fully saturated rings. The molecule has 0 amide bonds. The standard InChI is InChI=1S/C13H15N3O2S/c1-17-10-3-2-4-11(7-10)18-13-16-15-12(19-13)8-14-9-5-6-9/h2-4,7,9,14H,5-6,8H2,1H3. The average molecular weight is 277 g/mol. The van der Waals surface area contributed by atoms with Gasteiger partial charge in [0.1, 0.15) is 16.5 Å². The second-order valence-electron chi connectivity index (χ2n) is 4.40. The second-order valence-corrected chi connectivity index (χ2v) is 5.42. The summed E-state index contributed by atoms with van der Waals surface area (Å²) in [4.78, 5) is 0. The maximum atomic E-state index is 5.66. The summed E-state index contributed by atoms with van der Waals surface area (Å²) in [5, 5.41) is 13.0. The summed E-state index contributed by atoms with van der Waals surface area (Å²) in [6.07, 6.45) is 2.54. The quantitative estimate of drug-likeness (QED) is 0.879. The third kappa shape index (κ3) is 3.42. The monoisotopic (exact) mass is 277 g/mol. The van der Waals surface area contributed by atoms with Crippen molar-refractivity contribution < 1.29 is 9.47 Å². The zero-order chi connectivity index (χ0) is 13.1. The third-order valence-corrected chi connectivity index (χ3v) is 3.62. The molecule has 1 aliphatic rings. The van der Waals surface area contributed by atoms with Gasteiger partial charge in [0.15, 0.2) is 0 Å². The molecule has 1 heterocycles. The summed E-state index contributed by atoms with van der Waals surface area (Å²) in [7, 11) is 1.63. The van der Waals surface area contributed by atoms with Crippen LogP contribution in [0.2, 0.25) is 0 Å². The molecule has 1 aromatic carbocycles. The van der Waals surface area contributed by atoms with Crippen molar-refractivity contribution in [2.75, 3.05) is 7.11 Å². The van der Waals surface area contributed by atoms with Crippen LogP contribution in [-0.4, -0.2) is 23.3 Å². The highest BCUT2D eigenvalue weighted by Crippen LogP contribution is 2.28. The molecule has 0 spiro atoms. The minimum Gasteiger partial charge on any atom is -0.497 e. The van der Waals surface area contributed by atoms with Crippen molar-refractivity contribution in [3.63, 3.8) is 0 Å². The van der Waals surface area contributed by atoms with Crippen LogP contribution in [0.15, 0.2) is 24.3 Å². The molecule has 0 saturated heterocycles. The number of benzene rings is 1. The topological polar surface area (TPSA) is 56.3 Å². The molecular formula is C13H15N3O2S. The summed E-state index contributed by atoms with van der Waals surface area (Å²) in [6.45, 7) is 0.768. The van der Waals surface area contributed by atoms with Crippen LogP contribution in [0.3, 0.4) is 0 Å². The molecule has 5 nitrogen and oxygen atoms in total. The van der Waals surface area contributed by atoms with E-state index in [0.717, 1.165) is 17.3 Å². The lowest BCUT2D eigenvalue weighted by Crippen LogP contribution is -2.14. The number of nitrogens with zero attached hydrogens (tertiary/aromatic N) is 2. The minimum atomic E-state index is 0.556. The molecule has 0 radical (unpaired) electrons. The number of aromatic nitrogens is 2. The number of hydrogen-bond donors (Lipinski definition) is 1. The molecule has 6 heteroatoms. The summed E-state index contributed by atoms with van der Waals surface area (Å²) < 4.78 is 10.8. The van der Waals surface area contributed by atoms with Crippen LogP contribution in [0.5, 0.6) is 16.7 Å². The maximum absolute atomic E-state index is 5.66. The van der Waals surface area contributed by atoms with Gasteiger partial charge in [0.05, 0.1) is 13.7 Å². The molecule has 100 valence electrons. The van der Waals surface area contributed by atoms with Crippen molar-refractivity contribution in [1.82, 2.24) is 15.5 Å². The zero-order valence-corrected chi connectivity index (χ0v) is 11.4. The first-order chi connectivity index (χ1) is 9.33. The Hall–Kier alpha value is -1.66. The minimum absolute atomic E-state index is 0.556. The smallest absolute Gasteiger partial charge is 0.299 e. The second kappa shape index (κ2) is 5.54. The predicted molar refractivity (Wildman–Crippen MR) is 72.8 cm³/mol. The number of ether oxygens (including phenoxy) is 2. The molecule has 1 saturated carbocycles. The van der Waals surface area contributed by atoms with Gasteiger partial charge in [-0.25, -0.2) is 0 Å². The van der Waals surface area contributed by atoms with Gasteiger partial charge in [-0.3, -0.25) is 0 Å². The van der Waals surface area contributed by atoms with Crippen LogP contribution in [0.4, 0.5) is 0 Å². The van der Waals surface area contributed by atoms with E-state index in [-0.39, 0.29) is 0 Å². The van der Waals surface area contributed by atoms with Crippen LogP contribution >= 0.6 is 11.3 Å². The molecule has 1 N–H and O–H groups in total. The lowest BCUT2D eigenvalue weighted by atomic mass is 10.3. The van der Waals surface area contributed by atoms with E-state index in [1.165, 1.54) is 24.2 Å². The first-order valence-corrected chi connectivity index (χ1v) is 7.03. The highest BCUT2D eigenvalue weighted by Gasteiger charge is 2.20. The molecule has 19 heavy (non-hydrogen) atoms. The molecule has 3 rings (SSSR count). The third-order valence-electron chi connectivity index (χ3n) is 2.81. The summed E-state index contributed by atoms with van der Waals surface area (Å²) in [6, 6.07) is 8.12. The van der Waals surface area contributed by atoms with Gasteiger partial charge in [-0.2, -0.15) is 0 Å². The van der Waals surface area contributed by atoms with Gasteiger partial charge in [0.25, 0.3) is 5.19 Å². The van der Waals surface area contributed by atoms with Gasteiger partial charge in [-0.05, 0) is 25.0 Å². The van der Waals surface area contributed by atoms with Crippen LogP contribution in [0, 0.1) is 0 Å². The molecule has 2 aromatic rings. The van der Waals surface area contributed by atoms with E-state index in [1.807, 2.05) is 24.3 Å². The van der Waals surface area contributed by atoms with Gasteiger partial charge in [-0.1, -0.05) is 22.5 Å². The van der Waals surface area contributed by atoms with Crippen molar-refractivity contribution in [3.8, 4) is 16.7 Å². The van der Waals surface area contributed by atoms with E-state index in [4.69, 9.17) is 9.47 Å². The summed E-state index contributed by atoms with van der Waals surface area (Å²) in [5.41, 5.74) is 0. The lowest BCUT2D eigenvalue weighted by Gasteiger charge is -2.03. The van der Waals surface area contributed by atoms with E-state index < -0.39 is 0 Å². The average Bonchev–Trinajstić information content (AvgIpc) is 3.17. The summed E-state index contributed by atoms with van der Waals surface area (Å²) >= 11 is 1.46. The van der Waals surface area contributed by atoms with Crippen molar-refractivity contribution >= 4 is 11.3 Å². The van der Waals surface area contributed by atoms with Crippen LogP contribution in [0.1, 0.15) is 17.8 Å². The zero-order valence-electron chi connectivity index (χ0n) is 10.6. The normalized spacial score (nSPS) is 14.4. The molecule has 1 aliphatic carbocycles. The van der Waals surface area contributed by atoms with E-state index in [0.29, 0.717) is 17.0 Å². The van der Waals surface area contributed by atoms with Crippen molar-refractivity contribution in [2.45, 2.75) is 25.4 Å². The van der Waals surface area contributed by atoms with Crippen molar-refractivity contribution in [2.24, 2.45) is 0 Å². The highest BCUT2D eigenvalue weighted by atomic mass is 32.1. The Morgan fingerprint density at radius 2 is 2.16 bits per heavy atom. The lowest BCUT2D eigenvalue weighted by molar-refractivity contribution is 0.408. The Morgan fingerprint density at radius 3 is 2.95 bits per heavy atom. The van der Waals surface area contributed by atoms with E-state index >= 15 is 0 Å². The predicted octanol–water partition coefficient (Wildman–Crippen LogP) is 2.59. The fourth-order valence-electron chi connectivity index (χ4n) is 1.64. The van der Waals surface area contributed by atoms with Gasteiger partial charge >= 0.3 is 0 Å². The Labute approximate surface area is 115 Å². The Balaban J connectivity index is 1.61. The molecule has 0 aliphatic heterocycles. The Bertz CT molecular complexity index is 554. The van der Waals surface area contributed by atoms with Crippen LogP contribution in [0.25, 0.3) is 0 Å². The summed E-state index contributed by atoms with van der Waals surface area (Å²) in [5.74, 6) is 1.47. The first-order valence-electron chi connectivity index (χ1n) is 6.21. The van der Waals surface area contributed by atoms with Crippen LogP contribution < -0.4 is 14.8 Å². The molecule has 0 unspecified atom stereocenters. The molecule has 0 bridgehead atoms. The van der Waals surface area contributed by atoms with Crippen LogP contribution in [-0.2, 0) is 6.54 Å². The molecule has 0 atom stereocenters. The number of rotatable bonds is 6. The van der Waals surface area contributed by atoms with Gasteiger partial charge in [-0.15, -0.1) is 5.10 Å². The number of nitrogens with one attached hydrogen (secondary N) is 1. The van der Waals surface area contributed by atoms with Crippen molar-refractivity contribution in [1.29, 1.82) is 0 Å². The van der Waals surface area contributed by atoms with Gasteiger partial charge in [0.2, 0.25) is 0 Å². The van der Waals surface area contributed by atoms with Gasteiger partial charge < -0.3 is 14.8 Å². The fraction of sp³-hybridized carbons (Fsp3) is 0.385. The first kappa shape index (κ1) is 12.4. The van der Waals surface area contributed by atoms with Crippen molar-refractivity contribution in [3.05, 3.63) is 29.3 Å².